The second-order valence-electron chi connectivity index (χ2n) is 4.08. The maximum absolute atomic E-state index is 13.1. The van der Waals surface area contributed by atoms with E-state index in [-0.39, 0.29) is 23.3 Å². The number of hydrogen-bond acceptors (Lipinski definition) is 2. The first-order valence-corrected chi connectivity index (χ1v) is 5.62. The Bertz CT molecular complexity index is 619. The molecule has 0 unspecified atom stereocenters. The maximum Gasteiger partial charge on any atom is 0.168 e. The van der Waals surface area contributed by atoms with Crippen LogP contribution < -0.4 is 0 Å². The first kappa shape index (κ1) is 13.1. The van der Waals surface area contributed by atoms with E-state index in [4.69, 9.17) is 0 Å². The second-order valence-corrected chi connectivity index (χ2v) is 4.08. The normalized spacial score (nSPS) is 10.2. The molecule has 0 heterocycles. The van der Waals surface area contributed by atoms with E-state index in [0.29, 0.717) is 11.8 Å². The molecule has 0 bridgehead atoms. The lowest BCUT2D eigenvalue weighted by atomic mass is 9.99. The minimum absolute atomic E-state index is 0.00935. The van der Waals surface area contributed by atoms with Gasteiger partial charge in [-0.2, -0.15) is 0 Å². The van der Waals surface area contributed by atoms with Crippen molar-refractivity contribution in [3.63, 3.8) is 0 Å². The summed E-state index contributed by atoms with van der Waals surface area (Å²) in [4.78, 5) is 22.8. The summed E-state index contributed by atoms with van der Waals surface area (Å²) in [6.07, 6.45) is 0.502. The minimum Gasteiger partial charge on any atom is -0.298 e. The first-order chi connectivity index (χ1) is 9.10. The molecule has 0 aliphatic heterocycles. The Morgan fingerprint density at radius 3 is 2.26 bits per heavy atom. The lowest BCUT2D eigenvalue weighted by Crippen LogP contribution is -2.07. The van der Waals surface area contributed by atoms with Gasteiger partial charge in [-0.15, -0.1) is 0 Å². The molecule has 2 aromatic carbocycles. The molecule has 0 N–H and O–H groups in total. The highest BCUT2D eigenvalue weighted by atomic mass is 19.1. The largest absolute Gasteiger partial charge is 0.298 e. The lowest BCUT2D eigenvalue weighted by molar-refractivity contribution is 0.0985. The number of aldehydes is 1. The Labute approximate surface area is 108 Å². The Hall–Kier alpha value is -2.36. The van der Waals surface area contributed by atoms with E-state index < -0.39 is 11.6 Å². The van der Waals surface area contributed by atoms with E-state index in [9.17, 15) is 18.4 Å². The number of carbonyl (C=O) groups excluding carboxylic acids is 2. The highest BCUT2D eigenvalue weighted by Crippen LogP contribution is 2.14. The molecule has 0 amide bonds. The third-order valence-electron chi connectivity index (χ3n) is 2.72. The van der Waals surface area contributed by atoms with Crippen LogP contribution in [0.1, 0.15) is 26.3 Å². The van der Waals surface area contributed by atoms with E-state index >= 15 is 0 Å². The molecule has 2 rings (SSSR count). The SMILES string of the molecule is O=Cc1ccc(F)cc1C(=O)Cc1ccc(F)cc1. The van der Waals surface area contributed by atoms with Gasteiger partial charge in [0.25, 0.3) is 0 Å². The van der Waals surface area contributed by atoms with Crippen molar-refractivity contribution >= 4 is 12.1 Å². The molecule has 0 spiro atoms. The van der Waals surface area contributed by atoms with Crippen molar-refractivity contribution in [1.82, 2.24) is 0 Å². The topological polar surface area (TPSA) is 34.1 Å². The quantitative estimate of drug-likeness (QED) is 0.625. The molecule has 0 saturated carbocycles. The molecule has 0 saturated heterocycles. The highest BCUT2D eigenvalue weighted by Gasteiger charge is 2.13. The summed E-state index contributed by atoms with van der Waals surface area (Å²) in [6, 6.07) is 8.87. The summed E-state index contributed by atoms with van der Waals surface area (Å²) in [5, 5.41) is 0. The predicted octanol–water partition coefficient (Wildman–Crippen LogP) is 3.20. The van der Waals surface area contributed by atoms with Gasteiger partial charge in [-0.1, -0.05) is 12.1 Å². The third-order valence-corrected chi connectivity index (χ3v) is 2.72. The molecular formula is C15H10F2O2. The smallest absolute Gasteiger partial charge is 0.168 e. The lowest BCUT2D eigenvalue weighted by Gasteiger charge is -2.04. The summed E-state index contributed by atoms with van der Waals surface area (Å²) < 4.78 is 25.9. The van der Waals surface area contributed by atoms with Gasteiger partial charge in [-0.3, -0.25) is 9.59 Å². The molecule has 19 heavy (non-hydrogen) atoms. The molecule has 96 valence electrons. The summed E-state index contributed by atoms with van der Waals surface area (Å²) in [6.45, 7) is 0. The molecular weight excluding hydrogens is 250 g/mol. The zero-order valence-electron chi connectivity index (χ0n) is 9.90. The first-order valence-electron chi connectivity index (χ1n) is 5.62. The average Bonchev–Trinajstić information content (AvgIpc) is 2.41. The van der Waals surface area contributed by atoms with E-state index in [0.717, 1.165) is 12.1 Å². The Kier molecular flexibility index (Phi) is 3.80. The minimum atomic E-state index is -0.576. The Morgan fingerprint density at radius 1 is 1.00 bits per heavy atom. The van der Waals surface area contributed by atoms with Crippen molar-refractivity contribution in [2.45, 2.75) is 6.42 Å². The molecule has 0 atom stereocenters. The summed E-state index contributed by atoms with van der Waals surface area (Å²) >= 11 is 0. The van der Waals surface area contributed by atoms with Gasteiger partial charge >= 0.3 is 0 Å². The van der Waals surface area contributed by atoms with Gasteiger partial charge in [0.15, 0.2) is 12.1 Å². The van der Waals surface area contributed by atoms with Crippen LogP contribution in [-0.4, -0.2) is 12.1 Å². The highest BCUT2D eigenvalue weighted by molar-refractivity contribution is 6.03. The fraction of sp³-hybridized carbons (Fsp3) is 0.0667. The van der Waals surface area contributed by atoms with Crippen LogP contribution in [0.2, 0.25) is 0 Å². The van der Waals surface area contributed by atoms with Gasteiger partial charge in [0.1, 0.15) is 11.6 Å². The number of rotatable bonds is 4. The molecule has 0 aliphatic carbocycles. The third kappa shape index (κ3) is 3.10. The standard InChI is InChI=1S/C15H10F2O2/c16-12-4-1-10(2-5-12)7-15(19)14-8-13(17)6-3-11(14)9-18/h1-6,8-9H,7H2. The molecule has 4 heteroatoms. The number of hydrogen-bond donors (Lipinski definition) is 0. The zero-order valence-corrected chi connectivity index (χ0v) is 9.90. The van der Waals surface area contributed by atoms with Crippen molar-refractivity contribution in [3.05, 3.63) is 70.8 Å². The van der Waals surface area contributed by atoms with E-state index in [1.165, 1.54) is 30.3 Å². The number of Topliss-reactive ketones (excluding diaryl/α,β-unsaturated/α-hetero) is 1. The van der Waals surface area contributed by atoms with Gasteiger partial charge in [0.05, 0.1) is 0 Å². The van der Waals surface area contributed by atoms with Crippen molar-refractivity contribution in [1.29, 1.82) is 0 Å². The number of carbonyl (C=O) groups is 2. The molecule has 0 aromatic heterocycles. The molecule has 0 aliphatic rings. The molecule has 2 aromatic rings. The van der Waals surface area contributed by atoms with Crippen LogP contribution in [-0.2, 0) is 6.42 Å². The van der Waals surface area contributed by atoms with Crippen LogP contribution in [0.25, 0.3) is 0 Å². The van der Waals surface area contributed by atoms with Gasteiger partial charge < -0.3 is 0 Å². The fourth-order valence-corrected chi connectivity index (χ4v) is 1.76. The summed E-state index contributed by atoms with van der Waals surface area (Å²) in [7, 11) is 0. The van der Waals surface area contributed by atoms with Crippen LogP contribution in [0.15, 0.2) is 42.5 Å². The van der Waals surface area contributed by atoms with E-state index in [2.05, 4.69) is 0 Å². The van der Waals surface area contributed by atoms with Gasteiger partial charge in [0, 0.05) is 17.5 Å². The second kappa shape index (κ2) is 5.52. The molecule has 2 nitrogen and oxygen atoms in total. The van der Waals surface area contributed by atoms with Crippen LogP contribution >= 0.6 is 0 Å². The van der Waals surface area contributed by atoms with Gasteiger partial charge in [0.2, 0.25) is 0 Å². The van der Waals surface area contributed by atoms with Gasteiger partial charge in [-0.25, -0.2) is 8.78 Å². The van der Waals surface area contributed by atoms with Crippen LogP contribution in [0, 0.1) is 11.6 Å². The van der Waals surface area contributed by atoms with Crippen LogP contribution in [0.5, 0.6) is 0 Å². The van der Waals surface area contributed by atoms with E-state index in [1.54, 1.807) is 0 Å². The van der Waals surface area contributed by atoms with Crippen LogP contribution in [0.4, 0.5) is 8.78 Å². The molecule has 0 radical (unpaired) electrons. The summed E-state index contributed by atoms with van der Waals surface area (Å²) in [5.41, 5.74) is 0.792. The predicted molar refractivity (Wildman–Crippen MR) is 66.2 cm³/mol. The van der Waals surface area contributed by atoms with Crippen molar-refractivity contribution < 1.29 is 18.4 Å². The maximum atomic E-state index is 13.1. The fourth-order valence-electron chi connectivity index (χ4n) is 1.76. The number of ketones is 1. The van der Waals surface area contributed by atoms with Crippen molar-refractivity contribution in [2.24, 2.45) is 0 Å². The number of benzene rings is 2. The Balaban J connectivity index is 2.27. The zero-order chi connectivity index (χ0) is 13.8. The average molecular weight is 260 g/mol. The van der Waals surface area contributed by atoms with Crippen molar-refractivity contribution in [3.8, 4) is 0 Å². The summed E-state index contributed by atoms with van der Waals surface area (Å²) in [5.74, 6) is -1.35. The van der Waals surface area contributed by atoms with Crippen LogP contribution in [0.3, 0.4) is 0 Å². The van der Waals surface area contributed by atoms with Gasteiger partial charge in [-0.05, 0) is 35.9 Å². The number of halogens is 2. The Morgan fingerprint density at radius 2 is 1.63 bits per heavy atom. The van der Waals surface area contributed by atoms with E-state index in [1.807, 2.05) is 0 Å². The van der Waals surface area contributed by atoms with Crippen molar-refractivity contribution in [2.75, 3.05) is 0 Å². The molecule has 0 fully saturated rings. The monoisotopic (exact) mass is 260 g/mol.